The maximum Gasteiger partial charge on any atom is 0.216 e. The van der Waals surface area contributed by atoms with Crippen LogP contribution in [0.2, 0.25) is 0 Å². The zero-order valence-corrected chi connectivity index (χ0v) is 16.5. The van der Waals surface area contributed by atoms with Gasteiger partial charge in [0.25, 0.3) is 0 Å². The molecule has 0 saturated carbocycles. The summed E-state index contributed by atoms with van der Waals surface area (Å²) in [4.78, 5) is 0. The molecule has 0 bridgehead atoms. The highest BCUT2D eigenvalue weighted by Gasteiger charge is 2.11. The molecule has 1 heterocycles. The molecule has 3 rings (SSSR count). The van der Waals surface area contributed by atoms with E-state index in [0.717, 1.165) is 29.8 Å². The SMILES string of the molecule is CCCc1n[nH]c(=S)n1/N=C\c1cccc(OC)c1OCc1ccc(F)cc1. The number of ether oxygens (including phenoxy) is 2. The highest BCUT2D eigenvalue weighted by atomic mass is 32.1. The zero-order valence-electron chi connectivity index (χ0n) is 15.7. The Morgan fingerprint density at radius 1 is 1.25 bits per heavy atom. The van der Waals surface area contributed by atoms with Crippen LogP contribution in [0, 0.1) is 10.6 Å². The standard InChI is InChI=1S/C20H21FN4O2S/c1-3-5-18-23-24-20(28)25(18)22-12-15-6-4-7-17(26-2)19(15)27-13-14-8-10-16(21)11-9-14/h4,6-12H,3,5,13H2,1-2H3,(H,24,28)/b22-12-. The number of halogens is 1. The number of aromatic amines is 1. The Morgan fingerprint density at radius 3 is 2.75 bits per heavy atom. The van der Waals surface area contributed by atoms with Gasteiger partial charge in [-0.25, -0.2) is 4.39 Å². The number of hydrogen-bond acceptors (Lipinski definition) is 5. The highest BCUT2D eigenvalue weighted by Crippen LogP contribution is 2.31. The third kappa shape index (κ3) is 4.64. The minimum atomic E-state index is -0.284. The number of rotatable bonds is 8. The van der Waals surface area contributed by atoms with Crippen molar-refractivity contribution < 1.29 is 13.9 Å². The van der Waals surface area contributed by atoms with Gasteiger partial charge in [-0.2, -0.15) is 14.9 Å². The van der Waals surface area contributed by atoms with Crippen LogP contribution in [-0.4, -0.2) is 28.2 Å². The molecule has 3 aromatic rings. The fraction of sp³-hybridized carbons (Fsp3) is 0.250. The molecular formula is C20H21FN4O2S. The molecule has 146 valence electrons. The number of nitrogens with one attached hydrogen (secondary N) is 1. The Morgan fingerprint density at radius 2 is 2.04 bits per heavy atom. The lowest BCUT2D eigenvalue weighted by molar-refractivity contribution is 0.284. The summed E-state index contributed by atoms with van der Waals surface area (Å²) >= 11 is 5.25. The summed E-state index contributed by atoms with van der Waals surface area (Å²) in [5.41, 5.74) is 1.57. The van der Waals surface area contributed by atoms with Gasteiger partial charge in [-0.15, -0.1) is 0 Å². The van der Waals surface area contributed by atoms with E-state index < -0.39 is 0 Å². The molecule has 0 fully saturated rings. The first-order valence-corrected chi connectivity index (χ1v) is 9.28. The number of para-hydroxylation sites is 1. The maximum atomic E-state index is 13.1. The predicted molar refractivity (Wildman–Crippen MR) is 108 cm³/mol. The summed E-state index contributed by atoms with van der Waals surface area (Å²) in [7, 11) is 1.58. The molecule has 0 aliphatic carbocycles. The molecule has 6 nitrogen and oxygen atoms in total. The van der Waals surface area contributed by atoms with Gasteiger partial charge in [0, 0.05) is 12.0 Å². The topological polar surface area (TPSA) is 64.4 Å². The molecule has 2 aromatic carbocycles. The zero-order chi connectivity index (χ0) is 19.9. The van der Waals surface area contributed by atoms with Crippen molar-refractivity contribution in [2.75, 3.05) is 7.11 Å². The Labute approximate surface area is 167 Å². The lowest BCUT2D eigenvalue weighted by Crippen LogP contribution is -2.02. The average molecular weight is 400 g/mol. The molecule has 0 radical (unpaired) electrons. The summed E-state index contributed by atoms with van der Waals surface area (Å²) < 4.78 is 26.5. The van der Waals surface area contributed by atoms with Crippen LogP contribution in [0.25, 0.3) is 0 Å². The molecule has 0 aliphatic rings. The summed E-state index contributed by atoms with van der Waals surface area (Å²) in [5, 5.41) is 11.4. The minimum absolute atomic E-state index is 0.272. The molecule has 28 heavy (non-hydrogen) atoms. The van der Waals surface area contributed by atoms with E-state index in [-0.39, 0.29) is 12.4 Å². The summed E-state index contributed by atoms with van der Waals surface area (Å²) in [5.74, 6) is 1.61. The van der Waals surface area contributed by atoms with Crippen LogP contribution in [0.3, 0.4) is 0 Å². The summed E-state index contributed by atoms with van der Waals surface area (Å²) in [6.45, 7) is 2.34. The van der Waals surface area contributed by atoms with E-state index >= 15 is 0 Å². The number of H-pyrrole nitrogens is 1. The second-order valence-corrected chi connectivity index (χ2v) is 6.43. The van der Waals surface area contributed by atoms with E-state index in [2.05, 4.69) is 22.2 Å². The second-order valence-electron chi connectivity index (χ2n) is 6.05. The number of methoxy groups -OCH3 is 1. The van der Waals surface area contributed by atoms with Crippen molar-refractivity contribution in [3.63, 3.8) is 0 Å². The van der Waals surface area contributed by atoms with Gasteiger partial charge in [-0.3, -0.25) is 5.10 Å². The summed E-state index contributed by atoms with van der Waals surface area (Å²) in [6.07, 6.45) is 3.35. The normalized spacial score (nSPS) is 11.1. The van der Waals surface area contributed by atoms with Gasteiger partial charge < -0.3 is 9.47 Å². The average Bonchev–Trinajstić information content (AvgIpc) is 3.05. The molecule has 0 aliphatic heterocycles. The van der Waals surface area contributed by atoms with Crippen molar-refractivity contribution in [2.24, 2.45) is 5.10 Å². The molecule has 0 saturated heterocycles. The molecule has 8 heteroatoms. The van der Waals surface area contributed by atoms with Crippen molar-refractivity contribution in [3.8, 4) is 11.5 Å². The largest absolute Gasteiger partial charge is 0.493 e. The van der Waals surface area contributed by atoms with E-state index in [1.807, 2.05) is 18.2 Å². The van der Waals surface area contributed by atoms with E-state index in [1.54, 1.807) is 30.1 Å². The van der Waals surface area contributed by atoms with Crippen LogP contribution in [-0.2, 0) is 13.0 Å². The number of aryl methyl sites for hydroxylation is 1. The van der Waals surface area contributed by atoms with Gasteiger partial charge in [-0.05, 0) is 48.5 Å². The van der Waals surface area contributed by atoms with E-state index in [9.17, 15) is 4.39 Å². The van der Waals surface area contributed by atoms with Crippen molar-refractivity contribution in [1.82, 2.24) is 14.9 Å². The first kappa shape index (κ1) is 19.8. The van der Waals surface area contributed by atoms with Gasteiger partial charge in [0.05, 0.1) is 13.3 Å². The van der Waals surface area contributed by atoms with Crippen molar-refractivity contribution in [1.29, 1.82) is 0 Å². The van der Waals surface area contributed by atoms with Crippen LogP contribution in [0.15, 0.2) is 47.6 Å². The van der Waals surface area contributed by atoms with Crippen molar-refractivity contribution >= 4 is 18.4 Å². The molecule has 0 amide bonds. The fourth-order valence-corrected chi connectivity index (χ4v) is 2.83. The number of benzene rings is 2. The monoisotopic (exact) mass is 400 g/mol. The maximum absolute atomic E-state index is 13.1. The molecule has 1 aromatic heterocycles. The van der Waals surface area contributed by atoms with Crippen LogP contribution in [0.1, 0.15) is 30.3 Å². The van der Waals surface area contributed by atoms with Gasteiger partial charge in [0.2, 0.25) is 4.77 Å². The van der Waals surface area contributed by atoms with Crippen molar-refractivity contribution in [2.45, 2.75) is 26.4 Å². The molecule has 0 atom stereocenters. The lowest BCUT2D eigenvalue weighted by Gasteiger charge is -2.13. The third-order valence-electron chi connectivity index (χ3n) is 4.03. The van der Waals surface area contributed by atoms with E-state index in [4.69, 9.17) is 21.7 Å². The smallest absolute Gasteiger partial charge is 0.216 e. The summed E-state index contributed by atoms with van der Waals surface area (Å²) in [6, 6.07) is 11.7. The van der Waals surface area contributed by atoms with Gasteiger partial charge >= 0.3 is 0 Å². The molecular weight excluding hydrogens is 379 g/mol. The van der Waals surface area contributed by atoms with Crippen LogP contribution >= 0.6 is 12.2 Å². The first-order chi connectivity index (χ1) is 13.6. The number of aromatic nitrogens is 3. The van der Waals surface area contributed by atoms with Crippen molar-refractivity contribution in [3.05, 3.63) is 70.0 Å². The minimum Gasteiger partial charge on any atom is -0.493 e. The lowest BCUT2D eigenvalue weighted by atomic mass is 10.2. The highest BCUT2D eigenvalue weighted by molar-refractivity contribution is 7.71. The quantitative estimate of drug-likeness (QED) is 0.447. The van der Waals surface area contributed by atoms with Gasteiger partial charge in [0.1, 0.15) is 12.4 Å². The first-order valence-electron chi connectivity index (χ1n) is 8.87. The number of hydrogen-bond donors (Lipinski definition) is 1. The van der Waals surface area contributed by atoms with E-state index in [0.29, 0.717) is 16.3 Å². The predicted octanol–water partition coefficient (Wildman–Crippen LogP) is 4.50. The second kappa shape index (κ2) is 9.27. The Hall–Kier alpha value is -3.00. The molecule has 0 spiro atoms. The Bertz CT molecular complexity index is 1010. The Balaban J connectivity index is 1.88. The number of nitrogens with zero attached hydrogens (tertiary/aromatic N) is 3. The Kier molecular flexibility index (Phi) is 6.54. The van der Waals surface area contributed by atoms with Crippen LogP contribution in [0.5, 0.6) is 11.5 Å². The molecule has 1 N–H and O–H groups in total. The van der Waals surface area contributed by atoms with E-state index in [1.165, 1.54) is 12.1 Å². The van der Waals surface area contributed by atoms with Crippen LogP contribution in [0.4, 0.5) is 4.39 Å². The van der Waals surface area contributed by atoms with Gasteiger partial charge in [0.15, 0.2) is 17.3 Å². The molecule has 0 unspecified atom stereocenters. The van der Waals surface area contributed by atoms with Gasteiger partial charge in [-0.1, -0.05) is 25.1 Å². The van der Waals surface area contributed by atoms with Crippen LogP contribution < -0.4 is 9.47 Å². The third-order valence-corrected chi connectivity index (χ3v) is 4.29. The fourth-order valence-electron chi connectivity index (χ4n) is 2.63.